The van der Waals surface area contributed by atoms with E-state index in [1.165, 1.54) is 18.2 Å². The zero-order valence-electron chi connectivity index (χ0n) is 17.1. The summed E-state index contributed by atoms with van der Waals surface area (Å²) in [7, 11) is 1.55. The van der Waals surface area contributed by atoms with E-state index < -0.39 is 17.8 Å². The van der Waals surface area contributed by atoms with E-state index in [0.717, 1.165) is 9.87 Å². The van der Waals surface area contributed by atoms with Crippen molar-refractivity contribution >= 4 is 47.7 Å². The Kier molecular flexibility index (Phi) is 7.97. The molecular weight excluding hydrogens is 453 g/mol. The molecule has 0 saturated carbocycles. The molecule has 0 unspecified atom stereocenters. The summed E-state index contributed by atoms with van der Waals surface area (Å²) in [5.74, 6) is -0.568. The summed E-state index contributed by atoms with van der Waals surface area (Å²) in [6, 6.07) is 17.2. The monoisotopic (exact) mass is 473 g/mol. The van der Waals surface area contributed by atoms with Gasteiger partial charge in [-0.3, -0.25) is 4.79 Å². The lowest BCUT2D eigenvalue weighted by molar-refractivity contribution is 0.102. The van der Waals surface area contributed by atoms with Crippen LogP contribution < -0.4 is 19.7 Å². The molecule has 0 aliphatic carbocycles. The van der Waals surface area contributed by atoms with Crippen molar-refractivity contribution in [2.45, 2.75) is 6.42 Å². The van der Waals surface area contributed by atoms with Crippen LogP contribution in [0.4, 0.5) is 20.6 Å². The number of carbonyl (C=O) groups excluding carboxylic acids is 2. The van der Waals surface area contributed by atoms with Crippen molar-refractivity contribution in [3.05, 3.63) is 88.7 Å². The maximum absolute atomic E-state index is 13.7. The van der Waals surface area contributed by atoms with Gasteiger partial charge in [-0.15, -0.1) is 0 Å². The van der Waals surface area contributed by atoms with Gasteiger partial charge < -0.3 is 15.4 Å². The van der Waals surface area contributed by atoms with Gasteiger partial charge in [0.1, 0.15) is 11.6 Å². The number of hydrogen-bond acceptors (Lipinski definition) is 4. The summed E-state index contributed by atoms with van der Waals surface area (Å²) >= 11 is 10.3. The molecule has 0 spiro atoms. The Morgan fingerprint density at radius 2 is 1.81 bits per heavy atom. The van der Waals surface area contributed by atoms with E-state index in [9.17, 15) is 14.0 Å². The lowest BCUT2D eigenvalue weighted by Gasteiger charge is -2.17. The first-order chi connectivity index (χ1) is 15.4. The highest BCUT2D eigenvalue weighted by Crippen LogP contribution is 2.25. The number of hydrogen-bond donors (Lipinski definition) is 3. The van der Waals surface area contributed by atoms with Crippen molar-refractivity contribution in [1.29, 1.82) is 0 Å². The summed E-state index contributed by atoms with van der Waals surface area (Å²) in [4.78, 5) is 24.6. The molecule has 32 heavy (non-hydrogen) atoms. The van der Waals surface area contributed by atoms with E-state index in [1.54, 1.807) is 49.6 Å². The predicted molar refractivity (Wildman–Crippen MR) is 127 cm³/mol. The summed E-state index contributed by atoms with van der Waals surface area (Å²) in [6.07, 6.45) is 0.581. The molecule has 0 aliphatic rings. The quantitative estimate of drug-likeness (QED) is 0.405. The van der Waals surface area contributed by atoms with Crippen LogP contribution in [0.1, 0.15) is 15.9 Å². The summed E-state index contributed by atoms with van der Waals surface area (Å²) < 4.78 is 20.0. The molecule has 9 heteroatoms. The number of rotatable bonds is 7. The molecule has 6 nitrogen and oxygen atoms in total. The summed E-state index contributed by atoms with van der Waals surface area (Å²) in [5, 5.41) is 5.90. The van der Waals surface area contributed by atoms with Crippen molar-refractivity contribution in [2.24, 2.45) is 0 Å². The van der Waals surface area contributed by atoms with Crippen LogP contribution in [0, 0.1) is 5.82 Å². The molecule has 0 aliphatic heterocycles. The van der Waals surface area contributed by atoms with Gasteiger partial charge in [0.2, 0.25) is 0 Å². The van der Waals surface area contributed by atoms with Gasteiger partial charge in [0.05, 0.1) is 23.4 Å². The number of nitrogens with zero attached hydrogens (tertiary/aromatic N) is 1. The SMILES string of the molecule is COc1ccc(CCNC(=O)N(S)c2ccc(NC(=O)c3ccccc3F)cc2)cc1Cl. The number of carbonyl (C=O) groups is 2. The van der Waals surface area contributed by atoms with Crippen LogP contribution in [0.2, 0.25) is 5.02 Å². The first-order valence-corrected chi connectivity index (χ1v) is 10.4. The number of anilines is 2. The highest BCUT2D eigenvalue weighted by molar-refractivity contribution is 7.82. The van der Waals surface area contributed by atoms with Crippen molar-refractivity contribution < 1.29 is 18.7 Å². The molecule has 0 atom stereocenters. The first-order valence-electron chi connectivity index (χ1n) is 9.64. The molecule has 0 aromatic heterocycles. The second kappa shape index (κ2) is 10.9. The molecule has 3 aromatic carbocycles. The van der Waals surface area contributed by atoms with Crippen LogP contribution >= 0.6 is 24.4 Å². The zero-order valence-corrected chi connectivity index (χ0v) is 18.8. The van der Waals surface area contributed by atoms with Crippen LogP contribution in [-0.2, 0) is 6.42 Å². The number of ether oxygens (including phenoxy) is 1. The zero-order chi connectivity index (χ0) is 23.1. The predicted octanol–water partition coefficient (Wildman–Crippen LogP) is 5.34. The molecule has 3 aromatic rings. The fraction of sp³-hybridized carbons (Fsp3) is 0.130. The van der Waals surface area contributed by atoms with Crippen LogP contribution in [0.5, 0.6) is 5.75 Å². The molecule has 0 saturated heterocycles. The molecule has 3 rings (SSSR count). The number of thiol groups is 1. The van der Waals surface area contributed by atoms with Crippen molar-refractivity contribution in [1.82, 2.24) is 5.32 Å². The highest BCUT2D eigenvalue weighted by Gasteiger charge is 2.14. The smallest absolute Gasteiger partial charge is 0.331 e. The third-order valence-corrected chi connectivity index (χ3v) is 5.29. The Morgan fingerprint density at radius 1 is 1.09 bits per heavy atom. The Morgan fingerprint density at radius 3 is 2.47 bits per heavy atom. The van der Waals surface area contributed by atoms with Gasteiger partial charge in [-0.1, -0.05) is 42.6 Å². The number of nitrogens with one attached hydrogen (secondary N) is 2. The van der Waals surface area contributed by atoms with Gasteiger partial charge in [0.25, 0.3) is 5.91 Å². The Bertz CT molecular complexity index is 1110. The highest BCUT2D eigenvalue weighted by atomic mass is 35.5. The fourth-order valence-corrected chi connectivity index (χ4v) is 3.39. The van der Waals surface area contributed by atoms with Gasteiger partial charge in [-0.05, 0) is 60.5 Å². The first kappa shape index (κ1) is 23.4. The van der Waals surface area contributed by atoms with Gasteiger partial charge in [0.15, 0.2) is 0 Å². The average molecular weight is 474 g/mol. The number of benzene rings is 3. The molecule has 2 N–H and O–H groups in total. The third kappa shape index (κ3) is 5.93. The summed E-state index contributed by atoms with van der Waals surface area (Å²) in [6.45, 7) is 0.384. The fourth-order valence-electron chi connectivity index (χ4n) is 2.90. The number of urea groups is 1. The average Bonchev–Trinajstić information content (AvgIpc) is 2.79. The minimum Gasteiger partial charge on any atom is -0.495 e. The molecule has 166 valence electrons. The van der Waals surface area contributed by atoms with E-state index in [0.29, 0.717) is 35.1 Å². The van der Waals surface area contributed by atoms with E-state index in [-0.39, 0.29) is 5.56 Å². The lowest BCUT2D eigenvalue weighted by atomic mass is 10.1. The molecule has 3 amide bonds. The second-order valence-corrected chi connectivity index (χ2v) is 7.55. The molecular formula is C23H21ClFN3O3S. The summed E-state index contributed by atoms with van der Waals surface area (Å²) in [5.41, 5.74) is 1.87. The molecule has 0 heterocycles. The number of methoxy groups -OCH3 is 1. The Hall–Kier alpha value is -3.23. The topological polar surface area (TPSA) is 70.7 Å². The van der Waals surface area contributed by atoms with E-state index >= 15 is 0 Å². The van der Waals surface area contributed by atoms with E-state index in [4.69, 9.17) is 16.3 Å². The van der Waals surface area contributed by atoms with Crippen LogP contribution in [0.15, 0.2) is 66.7 Å². The largest absolute Gasteiger partial charge is 0.495 e. The second-order valence-electron chi connectivity index (χ2n) is 6.74. The maximum Gasteiger partial charge on any atom is 0.331 e. The minimum absolute atomic E-state index is 0.0510. The van der Waals surface area contributed by atoms with Gasteiger partial charge in [0, 0.05) is 12.2 Å². The van der Waals surface area contributed by atoms with Crippen molar-refractivity contribution in [3.8, 4) is 5.75 Å². The van der Waals surface area contributed by atoms with Gasteiger partial charge in [-0.25, -0.2) is 13.5 Å². The van der Waals surface area contributed by atoms with Crippen LogP contribution in [0.25, 0.3) is 0 Å². The normalized spacial score (nSPS) is 10.4. The lowest BCUT2D eigenvalue weighted by Crippen LogP contribution is -2.35. The van der Waals surface area contributed by atoms with Crippen LogP contribution in [0.3, 0.4) is 0 Å². The number of halogens is 2. The van der Waals surface area contributed by atoms with Gasteiger partial charge in [-0.2, -0.15) is 0 Å². The van der Waals surface area contributed by atoms with Crippen LogP contribution in [-0.4, -0.2) is 25.6 Å². The molecule has 0 bridgehead atoms. The minimum atomic E-state index is -0.600. The van der Waals surface area contributed by atoms with Gasteiger partial charge >= 0.3 is 6.03 Å². The third-order valence-electron chi connectivity index (χ3n) is 4.59. The molecule has 0 fully saturated rings. The Labute approximate surface area is 195 Å². The van der Waals surface area contributed by atoms with E-state index in [2.05, 4.69) is 23.4 Å². The standard InChI is InChI=1S/C23H21ClFN3O3S/c1-31-21-11-6-15(14-19(21)24)12-13-26-23(30)28(32)17-9-7-16(8-10-17)27-22(29)18-4-2-3-5-20(18)25/h2-11,14,32H,12-13H2,1H3,(H,26,30)(H,27,29). The Balaban J connectivity index is 1.52. The van der Waals surface area contributed by atoms with E-state index in [1.807, 2.05) is 6.07 Å². The molecule has 0 radical (unpaired) electrons. The van der Waals surface area contributed by atoms with Crippen molar-refractivity contribution in [2.75, 3.05) is 23.3 Å². The maximum atomic E-state index is 13.7. The van der Waals surface area contributed by atoms with Crippen molar-refractivity contribution in [3.63, 3.8) is 0 Å². The number of amides is 3.